The van der Waals surface area contributed by atoms with Crippen LogP contribution in [0.1, 0.15) is 23.0 Å². The molecule has 6 nitrogen and oxygen atoms in total. The summed E-state index contributed by atoms with van der Waals surface area (Å²) in [5, 5.41) is 9.63. The monoisotopic (exact) mass is 282 g/mol. The smallest absolute Gasteiger partial charge is 0.268 e. The number of nitrogens with one attached hydrogen (secondary N) is 2. The van der Waals surface area contributed by atoms with E-state index < -0.39 is 5.91 Å². The van der Waals surface area contributed by atoms with Crippen molar-refractivity contribution in [2.75, 3.05) is 0 Å². The van der Waals surface area contributed by atoms with Gasteiger partial charge in [0.15, 0.2) is 5.69 Å². The Morgan fingerprint density at radius 2 is 2.00 bits per heavy atom. The van der Waals surface area contributed by atoms with E-state index in [0.29, 0.717) is 0 Å². The Bertz CT molecular complexity index is 712. The van der Waals surface area contributed by atoms with E-state index in [1.807, 2.05) is 43.3 Å². The molecule has 1 heterocycles. The molecule has 1 aromatic carbocycles. The number of aromatic nitrogens is 2. The van der Waals surface area contributed by atoms with Crippen molar-refractivity contribution in [2.45, 2.75) is 6.92 Å². The highest BCUT2D eigenvalue weighted by molar-refractivity contribution is 5.93. The molecule has 0 saturated heterocycles. The number of hydrazone groups is 1. The highest BCUT2D eigenvalue weighted by Gasteiger charge is 2.04. The van der Waals surface area contributed by atoms with Crippen molar-refractivity contribution in [2.24, 2.45) is 5.10 Å². The van der Waals surface area contributed by atoms with Gasteiger partial charge in [-0.05, 0) is 24.1 Å². The number of allylic oxidation sites excluding steroid dienone is 1. The normalized spacial score (nSPS) is 11.6. The highest BCUT2D eigenvalue weighted by Crippen LogP contribution is 2.04. The Kier molecular flexibility index (Phi) is 4.76. The lowest BCUT2D eigenvalue weighted by Crippen LogP contribution is -2.21. The van der Waals surface area contributed by atoms with Crippen LogP contribution in [0.2, 0.25) is 0 Å². The summed E-state index contributed by atoms with van der Waals surface area (Å²) in [7, 11) is 0. The third-order valence-electron chi connectivity index (χ3n) is 2.54. The largest absolute Gasteiger partial charge is 0.291 e. The van der Waals surface area contributed by atoms with Crippen molar-refractivity contribution >= 4 is 18.2 Å². The SMILES string of the molecule is CC(/C=N\NC(=O)c1ccc(=O)[nH]n1)=C\c1ccccc1. The molecule has 0 atom stereocenters. The molecule has 0 aliphatic carbocycles. The van der Waals surface area contributed by atoms with Crippen LogP contribution in [0, 0.1) is 0 Å². The molecular formula is C15H14N4O2. The minimum absolute atomic E-state index is 0.0939. The van der Waals surface area contributed by atoms with Gasteiger partial charge in [0, 0.05) is 6.07 Å². The molecule has 2 N–H and O–H groups in total. The Labute approximate surface area is 121 Å². The molecule has 0 aliphatic rings. The first-order chi connectivity index (χ1) is 10.1. The first kappa shape index (κ1) is 14.4. The van der Waals surface area contributed by atoms with Gasteiger partial charge < -0.3 is 0 Å². The van der Waals surface area contributed by atoms with Crippen molar-refractivity contribution in [3.05, 3.63) is 69.6 Å². The molecule has 0 spiro atoms. The summed E-state index contributed by atoms with van der Waals surface area (Å²) < 4.78 is 0. The summed E-state index contributed by atoms with van der Waals surface area (Å²) in [6.07, 6.45) is 3.48. The predicted molar refractivity (Wildman–Crippen MR) is 80.9 cm³/mol. The standard InChI is InChI=1S/C15H14N4O2/c1-11(9-12-5-3-2-4-6-12)10-16-19-15(21)13-7-8-14(20)18-17-13/h2-10H,1H3,(H,18,20)(H,19,21)/b11-9+,16-10-. The number of hydrogen-bond donors (Lipinski definition) is 2. The number of carbonyl (C=O) groups is 1. The van der Waals surface area contributed by atoms with Crippen LogP contribution in [0.3, 0.4) is 0 Å². The third-order valence-corrected chi connectivity index (χ3v) is 2.54. The number of rotatable bonds is 4. The van der Waals surface area contributed by atoms with Crippen molar-refractivity contribution in [1.82, 2.24) is 15.6 Å². The second kappa shape index (κ2) is 6.95. The summed E-state index contributed by atoms with van der Waals surface area (Å²) in [4.78, 5) is 22.5. The topological polar surface area (TPSA) is 87.2 Å². The lowest BCUT2D eigenvalue weighted by atomic mass is 10.1. The van der Waals surface area contributed by atoms with Crippen LogP contribution in [0.5, 0.6) is 0 Å². The molecule has 1 aromatic heterocycles. The van der Waals surface area contributed by atoms with Crippen LogP contribution >= 0.6 is 0 Å². The molecule has 1 amide bonds. The van der Waals surface area contributed by atoms with Crippen molar-refractivity contribution in [1.29, 1.82) is 0 Å². The van der Waals surface area contributed by atoms with Gasteiger partial charge in [-0.2, -0.15) is 10.2 Å². The van der Waals surface area contributed by atoms with E-state index in [0.717, 1.165) is 11.1 Å². The van der Waals surface area contributed by atoms with Crippen LogP contribution in [0.25, 0.3) is 6.08 Å². The maximum atomic E-state index is 11.7. The minimum atomic E-state index is -0.491. The molecule has 2 rings (SSSR count). The van der Waals surface area contributed by atoms with Gasteiger partial charge in [-0.25, -0.2) is 10.5 Å². The summed E-state index contributed by atoms with van der Waals surface area (Å²) in [6.45, 7) is 1.88. The fourth-order valence-electron chi connectivity index (χ4n) is 1.57. The van der Waals surface area contributed by atoms with Crippen molar-refractivity contribution < 1.29 is 4.79 Å². The van der Waals surface area contributed by atoms with E-state index >= 15 is 0 Å². The predicted octanol–water partition coefficient (Wildman–Crippen LogP) is 1.59. The summed E-state index contributed by atoms with van der Waals surface area (Å²) in [6, 6.07) is 12.3. The lowest BCUT2D eigenvalue weighted by Gasteiger charge is -1.98. The fourth-order valence-corrected chi connectivity index (χ4v) is 1.57. The Hall–Kier alpha value is -3.02. The highest BCUT2D eigenvalue weighted by atomic mass is 16.2. The van der Waals surface area contributed by atoms with Gasteiger partial charge in [0.2, 0.25) is 0 Å². The van der Waals surface area contributed by atoms with Gasteiger partial charge in [0.25, 0.3) is 11.5 Å². The fraction of sp³-hybridized carbons (Fsp3) is 0.0667. The number of H-pyrrole nitrogens is 1. The second-order valence-electron chi connectivity index (χ2n) is 4.30. The number of aromatic amines is 1. The van der Waals surface area contributed by atoms with E-state index in [-0.39, 0.29) is 11.3 Å². The first-order valence-electron chi connectivity index (χ1n) is 6.27. The number of carbonyl (C=O) groups excluding carboxylic acids is 1. The van der Waals surface area contributed by atoms with Gasteiger partial charge in [0.05, 0.1) is 6.21 Å². The maximum Gasteiger partial charge on any atom is 0.291 e. The minimum Gasteiger partial charge on any atom is -0.268 e. The van der Waals surface area contributed by atoms with Gasteiger partial charge in [-0.15, -0.1) is 0 Å². The molecule has 6 heteroatoms. The van der Waals surface area contributed by atoms with Crippen LogP contribution < -0.4 is 11.0 Å². The van der Waals surface area contributed by atoms with Gasteiger partial charge >= 0.3 is 0 Å². The van der Waals surface area contributed by atoms with Crippen LogP contribution in [-0.2, 0) is 0 Å². The van der Waals surface area contributed by atoms with E-state index in [9.17, 15) is 9.59 Å². The molecule has 0 radical (unpaired) electrons. The summed E-state index contributed by atoms with van der Waals surface area (Å²) in [5.74, 6) is -0.491. The molecule has 0 saturated carbocycles. The van der Waals surface area contributed by atoms with Crippen molar-refractivity contribution in [3.63, 3.8) is 0 Å². The van der Waals surface area contributed by atoms with Crippen LogP contribution in [-0.4, -0.2) is 22.3 Å². The maximum absolute atomic E-state index is 11.7. The molecule has 106 valence electrons. The Balaban J connectivity index is 1.96. The van der Waals surface area contributed by atoms with E-state index in [4.69, 9.17) is 0 Å². The van der Waals surface area contributed by atoms with Crippen LogP contribution in [0.15, 0.2) is 57.9 Å². The molecule has 0 fully saturated rings. The molecule has 2 aromatic rings. The zero-order valence-corrected chi connectivity index (χ0v) is 11.4. The van der Waals surface area contributed by atoms with E-state index in [2.05, 4.69) is 20.7 Å². The zero-order chi connectivity index (χ0) is 15.1. The van der Waals surface area contributed by atoms with Gasteiger partial charge in [0.1, 0.15) is 0 Å². The molecule has 0 aliphatic heterocycles. The second-order valence-corrected chi connectivity index (χ2v) is 4.30. The number of amides is 1. The van der Waals surface area contributed by atoms with Crippen LogP contribution in [0.4, 0.5) is 0 Å². The quantitative estimate of drug-likeness (QED) is 0.659. The number of benzene rings is 1. The zero-order valence-electron chi connectivity index (χ0n) is 11.4. The third kappa shape index (κ3) is 4.54. The Morgan fingerprint density at radius 1 is 1.24 bits per heavy atom. The van der Waals surface area contributed by atoms with E-state index in [1.54, 1.807) is 0 Å². The van der Waals surface area contributed by atoms with E-state index in [1.165, 1.54) is 18.3 Å². The Morgan fingerprint density at radius 3 is 2.67 bits per heavy atom. The number of nitrogens with zero attached hydrogens (tertiary/aromatic N) is 2. The summed E-state index contributed by atoms with van der Waals surface area (Å²) in [5.41, 5.74) is 4.01. The van der Waals surface area contributed by atoms with Crippen molar-refractivity contribution in [3.8, 4) is 0 Å². The van der Waals surface area contributed by atoms with Gasteiger partial charge in [-0.1, -0.05) is 36.4 Å². The average molecular weight is 282 g/mol. The number of hydrogen-bond acceptors (Lipinski definition) is 4. The van der Waals surface area contributed by atoms with Gasteiger partial charge in [-0.3, -0.25) is 9.59 Å². The molecule has 0 bridgehead atoms. The lowest BCUT2D eigenvalue weighted by molar-refractivity contribution is 0.0949. The first-order valence-corrected chi connectivity index (χ1v) is 6.27. The molecular weight excluding hydrogens is 268 g/mol. The molecule has 0 unspecified atom stereocenters. The average Bonchev–Trinajstić information content (AvgIpc) is 2.49. The molecule has 21 heavy (non-hydrogen) atoms. The summed E-state index contributed by atoms with van der Waals surface area (Å²) >= 11 is 0.